The number of carbonyl (C=O) groups excluding carboxylic acids is 5. The van der Waals surface area contributed by atoms with Crippen LogP contribution in [0.1, 0.15) is 375 Å². The smallest absolute Gasteiger partial charge is 0.221 e. The van der Waals surface area contributed by atoms with E-state index >= 15 is 0 Å². The molecule has 0 radical (unpaired) electrons. The molecule has 0 aliphatic carbocycles. The fourth-order valence-corrected chi connectivity index (χ4v) is 12.2. The normalized spacial score (nSPS) is 11.6. The van der Waals surface area contributed by atoms with Crippen LogP contribution in [0.15, 0.2) is 0 Å². The maximum absolute atomic E-state index is 13.5. The van der Waals surface area contributed by atoms with Gasteiger partial charge in [-0.3, -0.25) is 24.0 Å². The quantitative estimate of drug-likeness (QED) is 0.0377. The second-order valence-electron chi connectivity index (χ2n) is 27.2. The molecule has 13 heteroatoms. The fourth-order valence-electron chi connectivity index (χ4n) is 12.2. The predicted octanol–water partition coefficient (Wildman–Crippen LogP) is 18.2. The minimum atomic E-state index is 0.0671. The first-order valence-corrected chi connectivity index (χ1v) is 39.7. The largest absolute Gasteiger partial charge is 0.356 e. The number of hydrogen-bond donors (Lipinski definition) is 5. The lowest BCUT2D eigenvalue weighted by atomic mass is 10.1. The van der Waals surface area contributed by atoms with E-state index in [0.717, 1.165) is 110 Å². The van der Waals surface area contributed by atoms with Crippen molar-refractivity contribution in [3.05, 3.63) is 0 Å². The molecule has 0 saturated heterocycles. The van der Waals surface area contributed by atoms with Crippen molar-refractivity contribution in [3.8, 4) is 0 Å². The van der Waals surface area contributed by atoms with Gasteiger partial charge in [0.1, 0.15) is 0 Å². The van der Waals surface area contributed by atoms with Gasteiger partial charge in [0.25, 0.3) is 0 Å². The molecule has 0 fully saturated rings. The first-order chi connectivity index (χ1) is 44.2. The molecular weight excluding hydrogens is 1120 g/mol. The molecule has 0 aliphatic rings. The minimum Gasteiger partial charge on any atom is -0.356 e. The highest BCUT2D eigenvalue weighted by molar-refractivity contribution is 5.77. The second kappa shape index (κ2) is 72.1. The Bertz CT molecular complexity index is 1510. The van der Waals surface area contributed by atoms with Gasteiger partial charge in [0.05, 0.1) is 0 Å². The van der Waals surface area contributed by atoms with Gasteiger partial charge in [-0.2, -0.15) is 0 Å². The number of amides is 5. The lowest BCUT2D eigenvalue weighted by Gasteiger charge is -2.30. The molecule has 90 heavy (non-hydrogen) atoms. The van der Waals surface area contributed by atoms with Gasteiger partial charge in [0.2, 0.25) is 29.5 Å². The third-order valence-electron chi connectivity index (χ3n) is 18.5. The molecule has 5 N–H and O–H groups in total. The zero-order chi connectivity index (χ0) is 65.5. The van der Waals surface area contributed by atoms with E-state index in [2.05, 4.69) is 75.9 Å². The van der Waals surface area contributed by atoms with Crippen LogP contribution in [0.5, 0.6) is 0 Å². The van der Waals surface area contributed by atoms with Crippen LogP contribution in [0.25, 0.3) is 0 Å². The number of nitrogens with zero attached hydrogens (tertiary/aromatic N) is 3. The molecule has 0 aromatic heterocycles. The van der Waals surface area contributed by atoms with Crippen LogP contribution in [0, 0.1) is 0 Å². The van der Waals surface area contributed by atoms with Crippen molar-refractivity contribution in [3.63, 3.8) is 0 Å². The van der Waals surface area contributed by atoms with E-state index < -0.39 is 0 Å². The summed E-state index contributed by atoms with van der Waals surface area (Å²) in [4.78, 5) is 73.5. The maximum atomic E-state index is 13.5. The molecule has 0 atom stereocenters. The lowest BCUT2D eigenvalue weighted by Crippen LogP contribution is -2.43. The Morgan fingerprint density at radius 1 is 0.178 bits per heavy atom. The molecule has 0 saturated carbocycles. The third-order valence-corrected chi connectivity index (χ3v) is 18.5. The van der Waals surface area contributed by atoms with Crippen LogP contribution in [-0.2, 0) is 24.0 Å². The van der Waals surface area contributed by atoms with E-state index in [4.69, 9.17) is 0 Å². The van der Waals surface area contributed by atoms with Gasteiger partial charge in [-0.25, -0.2) is 0 Å². The van der Waals surface area contributed by atoms with Crippen LogP contribution < -0.4 is 26.6 Å². The van der Waals surface area contributed by atoms with Gasteiger partial charge < -0.3 is 41.3 Å². The SMILES string of the molecule is CCCCCCCCCCCNC(=O)CCCCCN(CCC(=O)NCCCCCCCCCCC)CCN(CCC(=O)NCCCCCCCCCCC)CCN(CCC(=O)NCCCCCCCCCCC)CCC(=O)NCCCCCCCCCCC. The highest BCUT2D eigenvalue weighted by Crippen LogP contribution is 2.15. The topological polar surface area (TPSA) is 155 Å². The summed E-state index contributed by atoms with van der Waals surface area (Å²) in [5.74, 6) is 0.478. The van der Waals surface area contributed by atoms with Crippen LogP contribution in [-0.4, -0.2) is 136 Å². The van der Waals surface area contributed by atoms with Crippen LogP contribution in [0.3, 0.4) is 0 Å². The lowest BCUT2D eigenvalue weighted by molar-refractivity contribution is -0.122. The molecule has 0 rings (SSSR count). The average Bonchev–Trinajstić information content (AvgIpc) is 3.62. The van der Waals surface area contributed by atoms with Gasteiger partial charge in [0.15, 0.2) is 0 Å². The first-order valence-electron chi connectivity index (χ1n) is 39.7. The molecule has 0 bridgehead atoms. The van der Waals surface area contributed by atoms with Crippen molar-refractivity contribution >= 4 is 29.5 Å². The highest BCUT2D eigenvalue weighted by atomic mass is 16.2. The molecule has 0 spiro atoms. The summed E-state index contributed by atoms with van der Waals surface area (Å²) in [5, 5.41) is 16.0. The third kappa shape index (κ3) is 66.7. The number of nitrogens with one attached hydrogen (secondary N) is 5. The highest BCUT2D eigenvalue weighted by Gasteiger charge is 2.17. The van der Waals surface area contributed by atoms with Crippen molar-refractivity contribution in [1.29, 1.82) is 0 Å². The van der Waals surface area contributed by atoms with Crippen molar-refractivity contribution in [2.75, 3.05) is 91.6 Å². The Hall–Kier alpha value is -2.77. The Kier molecular flexibility index (Phi) is 69.8. The van der Waals surface area contributed by atoms with Crippen LogP contribution in [0.2, 0.25) is 0 Å². The van der Waals surface area contributed by atoms with Gasteiger partial charge in [-0.1, -0.05) is 298 Å². The number of rotatable bonds is 74. The zero-order valence-electron chi connectivity index (χ0n) is 60.8. The van der Waals surface area contributed by atoms with E-state index in [0.29, 0.717) is 91.0 Å². The van der Waals surface area contributed by atoms with Crippen molar-refractivity contribution < 1.29 is 24.0 Å². The number of hydrogen-bond acceptors (Lipinski definition) is 8. The molecular formula is C77H154N8O5. The Balaban J connectivity index is 6.00. The Labute approximate surface area is 558 Å². The summed E-state index contributed by atoms with van der Waals surface area (Å²) in [6.45, 7) is 21.0. The summed E-state index contributed by atoms with van der Waals surface area (Å²) in [5.41, 5.74) is 0. The molecule has 0 aromatic carbocycles. The summed E-state index contributed by atoms with van der Waals surface area (Å²) in [6.07, 6.45) is 61.3. The van der Waals surface area contributed by atoms with Gasteiger partial charge >= 0.3 is 0 Å². The summed E-state index contributed by atoms with van der Waals surface area (Å²) >= 11 is 0. The minimum absolute atomic E-state index is 0.0671. The molecule has 0 unspecified atom stereocenters. The molecule has 0 aliphatic heterocycles. The molecule has 0 aromatic rings. The Morgan fingerprint density at radius 2 is 0.344 bits per heavy atom. The standard InChI is InChI=1S/C77H154N8O5/c1-6-11-16-21-26-31-36-41-48-59-78-73(86)54-47-46-53-64-83(65-55-74(87)79-60-49-42-37-32-27-22-17-12-7-2)69-71-85(68-58-77(90)82-63-52-45-40-35-30-25-20-15-10-5)72-70-84(66-56-75(88)80-61-50-43-38-33-28-23-18-13-8-3)67-57-76(89)81-62-51-44-39-34-29-24-19-14-9-4/h6-72H2,1-5H3,(H,78,86)(H,79,87)(H,80,88)(H,81,89)(H,82,90). The van der Waals surface area contributed by atoms with Gasteiger partial charge in [0, 0.05) is 117 Å². The van der Waals surface area contributed by atoms with Crippen molar-refractivity contribution in [1.82, 2.24) is 41.3 Å². The summed E-state index contributed by atoms with van der Waals surface area (Å²) < 4.78 is 0. The van der Waals surface area contributed by atoms with Gasteiger partial charge in [-0.15, -0.1) is 0 Å². The second-order valence-corrected chi connectivity index (χ2v) is 27.2. The Morgan fingerprint density at radius 3 is 0.567 bits per heavy atom. The van der Waals surface area contributed by atoms with Gasteiger partial charge in [-0.05, 0) is 51.5 Å². The van der Waals surface area contributed by atoms with E-state index in [1.165, 1.54) is 231 Å². The zero-order valence-corrected chi connectivity index (χ0v) is 60.8. The fraction of sp³-hybridized carbons (Fsp3) is 0.935. The number of unbranched alkanes of at least 4 members (excludes halogenated alkanes) is 42. The van der Waals surface area contributed by atoms with E-state index in [1.807, 2.05) is 0 Å². The van der Waals surface area contributed by atoms with Crippen LogP contribution in [0.4, 0.5) is 0 Å². The van der Waals surface area contributed by atoms with E-state index in [-0.39, 0.29) is 29.5 Å². The first kappa shape index (κ1) is 87.2. The molecule has 13 nitrogen and oxygen atoms in total. The number of carbonyl (C=O) groups is 5. The maximum Gasteiger partial charge on any atom is 0.221 e. The average molecular weight is 1270 g/mol. The van der Waals surface area contributed by atoms with E-state index in [9.17, 15) is 24.0 Å². The predicted molar refractivity (Wildman–Crippen MR) is 387 cm³/mol. The summed E-state index contributed by atoms with van der Waals surface area (Å²) in [6, 6.07) is 0. The monoisotopic (exact) mass is 1270 g/mol. The van der Waals surface area contributed by atoms with Crippen molar-refractivity contribution in [2.24, 2.45) is 0 Å². The molecule has 5 amide bonds. The van der Waals surface area contributed by atoms with Crippen LogP contribution >= 0.6 is 0 Å². The summed E-state index contributed by atoms with van der Waals surface area (Å²) in [7, 11) is 0. The van der Waals surface area contributed by atoms with E-state index in [1.54, 1.807) is 0 Å². The van der Waals surface area contributed by atoms with Crippen molar-refractivity contribution in [2.45, 2.75) is 375 Å². The molecule has 0 heterocycles. The molecule has 532 valence electrons.